The number of thioether (sulfide) groups is 1. The topological polar surface area (TPSA) is 35.1 Å². The molecule has 25 heavy (non-hydrogen) atoms. The van der Waals surface area contributed by atoms with Crippen LogP contribution in [-0.2, 0) is 5.75 Å². The van der Waals surface area contributed by atoms with Gasteiger partial charge in [-0.05, 0) is 55.0 Å². The molecule has 3 aromatic heterocycles. The first-order valence-corrected chi connectivity index (χ1v) is 9.73. The smallest absolute Gasteiger partial charge is 0.184 e. The van der Waals surface area contributed by atoms with Crippen LogP contribution in [0.3, 0.4) is 0 Å². The fraction of sp³-hybridized carbons (Fsp3) is 0.118. The summed E-state index contributed by atoms with van der Waals surface area (Å²) in [7, 11) is 0. The predicted molar refractivity (Wildman–Crippen MR) is 102 cm³/mol. The molecule has 8 heteroatoms. The van der Waals surface area contributed by atoms with Crippen LogP contribution in [0.4, 0.5) is 4.39 Å². The molecule has 0 saturated carbocycles. The Hall–Kier alpha value is -2.03. The summed E-state index contributed by atoms with van der Waals surface area (Å²) in [5, 5.41) is 4.53. The van der Waals surface area contributed by atoms with E-state index < -0.39 is 0 Å². The van der Waals surface area contributed by atoms with Crippen LogP contribution >= 0.6 is 35.3 Å². The third kappa shape index (κ3) is 3.51. The number of rotatable bonds is 4. The zero-order valence-corrected chi connectivity index (χ0v) is 15.7. The maximum Gasteiger partial charge on any atom is 0.184 e. The minimum absolute atomic E-state index is 0.276. The zero-order valence-electron chi connectivity index (χ0n) is 13.2. The highest BCUT2D eigenvalue weighted by atomic mass is 32.2. The summed E-state index contributed by atoms with van der Waals surface area (Å²) in [6.07, 6.45) is 4.09. The van der Waals surface area contributed by atoms with E-state index in [2.05, 4.69) is 29.3 Å². The molecule has 0 N–H and O–H groups in total. The van der Waals surface area contributed by atoms with E-state index in [4.69, 9.17) is 12.2 Å². The van der Waals surface area contributed by atoms with Crippen molar-refractivity contribution in [2.24, 2.45) is 0 Å². The second-order valence-electron chi connectivity index (χ2n) is 5.51. The van der Waals surface area contributed by atoms with Crippen LogP contribution in [0.1, 0.15) is 11.3 Å². The highest BCUT2D eigenvalue weighted by Crippen LogP contribution is 2.27. The van der Waals surface area contributed by atoms with Crippen molar-refractivity contribution in [3.05, 3.63) is 69.8 Å². The Balaban J connectivity index is 1.53. The van der Waals surface area contributed by atoms with Gasteiger partial charge in [0.25, 0.3) is 0 Å². The Morgan fingerprint density at radius 1 is 1.16 bits per heavy atom. The second kappa shape index (κ2) is 6.70. The summed E-state index contributed by atoms with van der Waals surface area (Å²) in [6, 6.07) is 10.2. The number of fused-ring (bicyclic) bond motifs is 1. The lowest BCUT2D eigenvalue weighted by molar-refractivity contribution is 0.627. The van der Waals surface area contributed by atoms with Gasteiger partial charge in [0.1, 0.15) is 11.5 Å². The maximum absolute atomic E-state index is 13.1. The molecular weight excluding hydrogens is 375 g/mol. The van der Waals surface area contributed by atoms with Crippen LogP contribution in [0, 0.1) is 16.7 Å². The molecule has 0 spiro atoms. The van der Waals surface area contributed by atoms with Gasteiger partial charge < -0.3 is 4.40 Å². The lowest BCUT2D eigenvalue weighted by Gasteiger charge is -1.99. The van der Waals surface area contributed by atoms with Crippen molar-refractivity contribution in [2.45, 2.75) is 17.0 Å². The van der Waals surface area contributed by atoms with Crippen molar-refractivity contribution in [3.63, 3.8) is 0 Å². The lowest BCUT2D eigenvalue weighted by Crippen LogP contribution is -1.96. The van der Waals surface area contributed by atoms with Gasteiger partial charge in [-0.3, -0.25) is 0 Å². The summed E-state index contributed by atoms with van der Waals surface area (Å²) >= 11 is 8.42. The Kier molecular flexibility index (Phi) is 4.41. The molecule has 0 atom stereocenters. The Labute approximate surface area is 157 Å². The first-order chi connectivity index (χ1) is 12.1. The monoisotopic (exact) mass is 388 g/mol. The molecule has 0 fully saturated rings. The quantitative estimate of drug-likeness (QED) is 0.362. The SMILES string of the molecule is Cc1ccc2nc(CSc3nn(-c4ccc(F)cc4)c(=S)s3)cn2c1. The van der Waals surface area contributed by atoms with E-state index in [0.29, 0.717) is 9.71 Å². The van der Waals surface area contributed by atoms with Gasteiger partial charge in [-0.15, -0.1) is 5.10 Å². The molecule has 0 aliphatic rings. The van der Waals surface area contributed by atoms with Gasteiger partial charge in [0.15, 0.2) is 8.29 Å². The summed E-state index contributed by atoms with van der Waals surface area (Å²) in [4.78, 5) is 4.61. The third-order valence-corrected chi connectivity index (χ3v) is 5.99. The molecule has 0 saturated heterocycles. The molecule has 0 bridgehead atoms. The average Bonchev–Trinajstić information content (AvgIpc) is 3.16. The second-order valence-corrected chi connectivity index (χ2v) is 8.36. The van der Waals surface area contributed by atoms with Gasteiger partial charge in [0, 0.05) is 18.1 Å². The van der Waals surface area contributed by atoms with Gasteiger partial charge in [-0.1, -0.05) is 29.2 Å². The molecule has 0 unspecified atom stereocenters. The van der Waals surface area contributed by atoms with Crippen LogP contribution < -0.4 is 0 Å². The number of pyridine rings is 1. The predicted octanol–water partition coefficient (Wildman–Crippen LogP) is 5.05. The number of imidazole rings is 1. The van der Waals surface area contributed by atoms with E-state index in [-0.39, 0.29) is 5.82 Å². The number of aromatic nitrogens is 4. The van der Waals surface area contributed by atoms with Crippen molar-refractivity contribution in [1.82, 2.24) is 19.2 Å². The fourth-order valence-corrected chi connectivity index (χ4v) is 4.67. The van der Waals surface area contributed by atoms with Gasteiger partial charge >= 0.3 is 0 Å². The minimum Gasteiger partial charge on any atom is -0.307 e. The van der Waals surface area contributed by atoms with Crippen molar-refractivity contribution in [2.75, 3.05) is 0 Å². The molecule has 0 amide bonds. The lowest BCUT2D eigenvalue weighted by atomic mass is 10.3. The summed E-state index contributed by atoms with van der Waals surface area (Å²) in [6.45, 7) is 2.06. The van der Waals surface area contributed by atoms with Crippen molar-refractivity contribution >= 4 is 41.0 Å². The summed E-state index contributed by atoms with van der Waals surface area (Å²) in [5.74, 6) is 0.439. The first-order valence-electron chi connectivity index (χ1n) is 7.52. The molecule has 3 heterocycles. The molecule has 126 valence electrons. The maximum atomic E-state index is 13.1. The van der Waals surface area contributed by atoms with Crippen LogP contribution in [0.15, 0.2) is 53.1 Å². The summed E-state index contributed by atoms with van der Waals surface area (Å²) < 4.78 is 18.3. The van der Waals surface area contributed by atoms with Crippen LogP contribution in [0.5, 0.6) is 0 Å². The van der Waals surface area contributed by atoms with E-state index in [9.17, 15) is 4.39 Å². The van der Waals surface area contributed by atoms with Crippen LogP contribution in [0.2, 0.25) is 0 Å². The van der Waals surface area contributed by atoms with Gasteiger partial charge in [0.2, 0.25) is 0 Å². The molecule has 4 aromatic rings. The van der Waals surface area contributed by atoms with Gasteiger partial charge in [-0.25, -0.2) is 14.1 Å². The third-order valence-electron chi connectivity index (χ3n) is 3.59. The zero-order chi connectivity index (χ0) is 17.4. The number of benzene rings is 1. The molecule has 4 nitrogen and oxygen atoms in total. The largest absolute Gasteiger partial charge is 0.307 e. The van der Waals surface area contributed by atoms with Crippen LogP contribution in [-0.4, -0.2) is 19.2 Å². The van der Waals surface area contributed by atoms with Crippen molar-refractivity contribution < 1.29 is 4.39 Å². The molecule has 1 aromatic carbocycles. The Bertz CT molecular complexity index is 1100. The number of nitrogens with zero attached hydrogens (tertiary/aromatic N) is 4. The Morgan fingerprint density at radius 3 is 2.76 bits per heavy atom. The number of hydrogen-bond donors (Lipinski definition) is 0. The van der Waals surface area contributed by atoms with E-state index in [1.54, 1.807) is 28.6 Å². The van der Waals surface area contributed by atoms with Gasteiger partial charge in [0.05, 0.1) is 11.4 Å². The molecule has 0 aliphatic carbocycles. The number of halogens is 1. The van der Waals surface area contributed by atoms with Crippen molar-refractivity contribution in [1.29, 1.82) is 0 Å². The van der Waals surface area contributed by atoms with Gasteiger partial charge in [-0.2, -0.15) is 0 Å². The molecular formula is C17H13FN4S3. The number of hydrogen-bond acceptors (Lipinski definition) is 5. The Morgan fingerprint density at radius 2 is 1.96 bits per heavy atom. The van der Waals surface area contributed by atoms with E-state index in [0.717, 1.165) is 21.4 Å². The average molecular weight is 389 g/mol. The minimum atomic E-state index is -0.276. The normalized spacial score (nSPS) is 11.3. The van der Waals surface area contributed by atoms with E-state index in [1.165, 1.54) is 29.0 Å². The molecule has 0 aliphatic heterocycles. The molecule has 4 rings (SSSR count). The van der Waals surface area contributed by atoms with Crippen LogP contribution in [0.25, 0.3) is 11.3 Å². The van der Waals surface area contributed by atoms with E-state index in [1.807, 2.05) is 16.7 Å². The highest BCUT2D eigenvalue weighted by Gasteiger charge is 2.09. The van der Waals surface area contributed by atoms with E-state index >= 15 is 0 Å². The highest BCUT2D eigenvalue weighted by molar-refractivity contribution is 8.00. The number of aryl methyl sites for hydroxylation is 1. The molecule has 0 radical (unpaired) electrons. The fourth-order valence-electron chi connectivity index (χ4n) is 2.43. The van der Waals surface area contributed by atoms with Crippen molar-refractivity contribution in [3.8, 4) is 5.69 Å². The first kappa shape index (κ1) is 16.4. The standard InChI is InChI=1S/C17H13FN4S3/c1-11-2-7-15-19-13(9-21(15)8-11)10-24-16-20-22(17(23)25-16)14-5-3-12(18)4-6-14/h2-9H,10H2,1H3. The summed E-state index contributed by atoms with van der Waals surface area (Å²) in [5.41, 5.74) is 3.88.